The van der Waals surface area contributed by atoms with Crippen LogP contribution in [0.25, 0.3) is 10.9 Å². The third-order valence-electron chi connectivity index (χ3n) is 3.57. The number of nitrogens with one attached hydrogen (secondary N) is 1. The minimum atomic E-state index is -0.371. The number of H-pyrrole nitrogens is 1. The van der Waals surface area contributed by atoms with Gasteiger partial charge in [-0.3, -0.25) is 0 Å². The molecule has 0 saturated carbocycles. The van der Waals surface area contributed by atoms with E-state index in [2.05, 4.69) is 10.1 Å². The average molecular weight is 284 g/mol. The molecule has 0 radical (unpaired) electrons. The number of ether oxygens (including phenoxy) is 1. The van der Waals surface area contributed by atoms with Gasteiger partial charge in [-0.2, -0.15) is 0 Å². The van der Waals surface area contributed by atoms with Crippen LogP contribution in [0.4, 0.5) is 0 Å². The number of carbonyl (C=O) groups excluding carboxylic acids is 1. The van der Waals surface area contributed by atoms with Gasteiger partial charge in [0.15, 0.2) is 12.4 Å². The van der Waals surface area contributed by atoms with E-state index >= 15 is 0 Å². The van der Waals surface area contributed by atoms with Gasteiger partial charge in [0.2, 0.25) is 0 Å². The van der Waals surface area contributed by atoms with Crippen LogP contribution in [-0.4, -0.2) is 16.1 Å². The monoisotopic (exact) mass is 284 g/mol. The zero-order valence-corrected chi connectivity index (χ0v) is 12.2. The lowest BCUT2D eigenvalue weighted by molar-refractivity contribution is 0.0437. The largest absolute Gasteiger partial charge is 0.454 e. The second-order valence-electron chi connectivity index (χ2n) is 5.15. The highest BCUT2D eigenvalue weighted by atomic mass is 16.5. The number of aromatic amines is 1. The summed E-state index contributed by atoms with van der Waals surface area (Å²) in [5, 5.41) is 4.79. The van der Waals surface area contributed by atoms with E-state index in [1.807, 2.05) is 32.9 Å². The average Bonchev–Trinajstić information content (AvgIpc) is 3.01. The van der Waals surface area contributed by atoms with Gasteiger partial charge in [-0.05, 0) is 44.5 Å². The van der Waals surface area contributed by atoms with Crippen LogP contribution in [0, 0.1) is 20.8 Å². The summed E-state index contributed by atoms with van der Waals surface area (Å²) in [5.41, 5.74) is 4.56. The summed E-state index contributed by atoms with van der Waals surface area (Å²) in [6, 6.07) is 7.24. The standard InChI is InChI=1S/C16H16N2O3/c1-9-6-13(21-18-9)8-20-16(19)12-4-5-15-14(7-12)10(2)11(3)17-15/h4-7,17H,8H2,1-3H3. The van der Waals surface area contributed by atoms with Crippen LogP contribution in [0.5, 0.6) is 0 Å². The highest BCUT2D eigenvalue weighted by molar-refractivity contribution is 5.96. The molecule has 0 bridgehead atoms. The van der Waals surface area contributed by atoms with Gasteiger partial charge in [0.1, 0.15) is 0 Å². The van der Waals surface area contributed by atoms with Crippen molar-refractivity contribution in [1.29, 1.82) is 0 Å². The Morgan fingerprint density at radius 2 is 2.10 bits per heavy atom. The van der Waals surface area contributed by atoms with Gasteiger partial charge in [0.25, 0.3) is 0 Å². The minimum absolute atomic E-state index is 0.0862. The molecule has 0 unspecified atom stereocenters. The number of rotatable bonds is 3. The summed E-state index contributed by atoms with van der Waals surface area (Å²) in [4.78, 5) is 15.4. The number of benzene rings is 1. The molecule has 3 aromatic rings. The van der Waals surface area contributed by atoms with E-state index < -0.39 is 0 Å². The van der Waals surface area contributed by atoms with E-state index in [0.29, 0.717) is 11.3 Å². The summed E-state index contributed by atoms with van der Waals surface area (Å²) in [5.74, 6) is 0.166. The lowest BCUT2D eigenvalue weighted by atomic mass is 10.1. The molecular formula is C16H16N2O3. The molecule has 0 amide bonds. The normalized spacial score (nSPS) is 11.0. The minimum Gasteiger partial charge on any atom is -0.454 e. The van der Waals surface area contributed by atoms with Crippen molar-refractivity contribution in [2.75, 3.05) is 0 Å². The lowest BCUT2D eigenvalue weighted by Gasteiger charge is -2.03. The summed E-state index contributed by atoms with van der Waals surface area (Å²) in [7, 11) is 0. The van der Waals surface area contributed by atoms with Crippen LogP contribution in [0.3, 0.4) is 0 Å². The molecule has 0 aliphatic carbocycles. The predicted octanol–water partition coefficient (Wildman–Crippen LogP) is 3.44. The third kappa shape index (κ3) is 2.54. The fourth-order valence-corrected chi connectivity index (χ4v) is 2.29. The molecule has 3 rings (SSSR count). The Bertz CT molecular complexity index is 814. The van der Waals surface area contributed by atoms with Crippen molar-refractivity contribution in [2.45, 2.75) is 27.4 Å². The summed E-state index contributed by atoms with van der Waals surface area (Å²) in [6.07, 6.45) is 0. The molecule has 108 valence electrons. The Labute approximate surface area is 121 Å². The van der Waals surface area contributed by atoms with Gasteiger partial charge >= 0.3 is 5.97 Å². The van der Waals surface area contributed by atoms with E-state index in [1.165, 1.54) is 0 Å². The van der Waals surface area contributed by atoms with Crippen molar-refractivity contribution in [3.05, 3.63) is 52.5 Å². The van der Waals surface area contributed by atoms with Crippen LogP contribution >= 0.6 is 0 Å². The SMILES string of the molecule is Cc1cc(COC(=O)c2ccc3[nH]c(C)c(C)c3c2)on1. The molecule has 2 heterocycles. The van der Waals surface area contributed by atoms with Gasteiger partial charge in [-0.25, -0.2) is 4.79 Å². The van der Waals surface area contributed by atoms with Gasteiger partial charge < -0.3 is 14.2 Å². The zero-order valence-electron chi connectivity index (χ0n) is 12.2. The molecule has 5 nitrogen and oxygen atoms in total. The number of nitrogens with zero attached hydrogens (tertiary/aromatic N) is 1. The quantitative estimate of drug-likeness (QED) is 0.748. The number of aryl methyl sites for hydroxylation is 3. The van der Waals surface area contributed by atoms with Gasteiger partial charge in [0.05, 0.1) is 11.3 Å². The first-order valence-electron chi connectivity index (χ1n) is 6.73. The Morgan fingerprint density at radius 1 is 1.29 bits per heavy atom. The number of aromatic nitrogens is 2. The number of esters is 1. The first-order valence-corrected chi connectivity index (χ1v) is 6.73. The fraction of sp³-hybridized carbons (Fsp3) is 0.250. The molecule has 0 saturated heterocycles. The molecule has 0 aliphatic heterocycles. The first-order chi connectivity index (χ1) is 10.0. The van der Waals surface area contributed by atoms with Crippen LogP contribution in [0.1, 0.15) is 33.1 Å². The number of hydrogen-bond acceptors (Lipinski definition) is 4. The van der Waals surface area contributed by atoms with E-state index in [9.17, 15) is 4.79 Å². The summed E-state index contributed by atoms with van der Waals surface area (Å²) < 4.78 is 10.3. The van der Waals surface area contributed by atoms with Crippen molar-refractivity contribution >= 4 is 16.9 Å². The van der Waals surface area contributed by atoms with Crippen molar-refractivity contribution in [3.63, 3.8) is 0 Å². The molecule has 2 aromatic heterocycles. The highest BCUT2D eigenvalue weighted by Gasteiger charge is 2.12. The zero-order chi connectivity index (χ0) is 15.0. The third-order valence-corrected chi connectivity index (χ3v) is 3.57. The summed E-state index contributed by atoms with van der Waals surface area (Å²) >= 11 is 0. The molecule has 0 spiro atoms. The van der Waals surface area contributed by atoms with Gasteiger partial charge in [0, 0.05) is 22.7 Å². The van der Waals surface area contributed by atoms with Crippen molar-refractivity contribution in [3.8, 4) is 0 Å². The van der Waals surface area contributed by atoms with E-state index in [0.717, 1.165) is 27.9 Å². The molecule has 1 N–H and O–H groups in total. The first kappa shape index (κ1) is 13.4. The Balaban J connectivity index is 1.79. The number of hydrogen-bond donors (Lipinski definition) is 1. The van der Waals surface area contributed by atoms with Crippen molar-refractivity contribution < 1.29 is 14.1 Å². The van der Waals surface area contributed by atoms with E-state index in [1.54, 1.807) is 12.1 Å². The van der Waals surface area contributed by atoms with Crippen LogP contribution < -0.4 is 0 Å². The molecule has 21 heavy (non-hydrogen) atoms. The number of fused-ring (bicyclic) bond motifs is 1. The van der Waals surface area contributed by atoms with Crippen LogP contribution in [0.15, 0.2) is 28.8 Å². The maximum atomic E-state index is 12.1. The Hall–Kier alpha value is -2.56. The van der Waals surface area contributed by atoms with Crippen LogP contribution in [0.2, 0.25) is 0 Å². The van der Waals surface area contributed by atoms with E-state index in [-0.39, 0.29) is 12.6 Å². The fourth-order valence-electron chi connectivity index (χ4n) is 2.29. The van der Waals surface area contributed by atoms with Crippen molar-refractivity contribution in [2.24, 2.45) is 0 Å². The summed E-state index contributed by atoms with van der Waals surface area (Å²) in [6.45, 7) is 5.95. The Morgan fingerprint density at radius 3 is 2.81 bits per heavy atom. The van der Waals surface area contributed by atoms with Gasteiger partial charge in [-0.1, -0.05) is 5.16 Å². The molecular weight excluding hydrogens is 268 g/mol. The Kier molecular flexibility index (Phi) is 3.25. The number of carbonyl (C=O) groups is 1. The second kappa shape index (κ2) is 5.09. The smallest absolute Gasteiger partial charge is 0.338 e. The molecule has 0 atom stereocenters. The maximum absolute atomic E-state index is 12.1. The molecule has 5 heteroatoms. The van der Waals surface area contributed by atoms with Crippen LogP contribution in [-0.2, 0) is 11.3 Å². The maximum Gasteiger partial charge on any atom is 0.338 e. The molecule has 0 aliphatic rings. The highest BCUT2D eigenvalue weighted by Crippen LogP contribution is 2.22. The topological polar surface area (TPSA) is 68.1 Å². The van der Waals surface area contributed by atoms with Crippen molar-refractivity contribution in [1.82, 2.24) is 10.1 Å². The molecule has 0 fully saturated rings. The van der Waals surface area contributed by atoms with Gasteiger partial charge in [-0.15, -0.1) is 0 Å². The van der Waals surface area contributed by atoms with E-state index in [4.69, 9.17) is 9.26 Å². The molecule has 1 aromatic carbocycles. The lowest BCUT2D eigenvalue weighted by Crippen LogP contribution is -2.04. The predicted molar refractivity (Wildman–Crippen MR) is 78.1 cm³/mol. The second-order valence-corrected chi connectivity index (χ2v) is 5.15.